The van der Waals surface area contributed by atoms with Gasteiger partial charge in [-0.25, -0.2) is 9.18 Å². The monoisotopic (exact) mass is 501 g/mol. The molecule has 0 bridgehead atoms. The van der Waals surface area contributed by atoms with Crippen molar-refractivity contribution in [2.75, 3.05) is 0 Å². The SMILES string of the molecule is Cc1cc(COC(CCC2CCCCC2)c2cncs2)ccc1-c1cc(Cl)c(C(=O)O)cc1F. The number of hydrogen-bond donors (Lipinski definition) is 1. The topological polar surface area (TPSA) is 59.4 Å². The molecular formula is C27H29ClFNO3S. The molecule has 0 amide bonds. The van der Waals surface area contributed by atoms with Crippen LogP contribution in [0.2, 0.25) is 5.02 Å². The number of carboxylic acid groups (broad SMARTS) is 1. The minimum Gasteiger partial charge on any atom is -0.478 e. The zero-order valence-corrected chi connectivity index (χ0v) is 20.8. The predicted molar refractivity (Wildman–Crippen MR) is 134 cm³/mol. The lowest BCUT2D eigenvalue weighted by atomic mass is 9.85. The summed E-state index contributed by atoms with van der Waals surface area (Å²) in [4.78, 5) is 16.6. The summed E-state index contributed by atoms with van der Waals surface area (Å²) in [6.45, 7) is 2.36. The van der Waals surface area contributed by atoms with Gasteiger partial charge in [-0.3, -0.25) is 4.98 Å². The number of ether oxygens (including phenoxy) is 1. The van der Waals surface area contributed by atoms with Gasteiger partial charge in [0, 0.05) is 11.8 Å². The Kier molecular flexibility index (Phi) is 8.35. The van der Waals surface area contributed by atoms with E-state index in [4.69, 9.17) is 21.4 Å². The molecule has 1 fully saturated rings. The van der Waals surface area contributed by atoms with Crippen molar-refractivity contribution in [2.45, 2.75) is 64.6 Å². The lowest BCUT2D eigenvalue weighted by molar-refractivity contribution is 0.0306. The number of aryl methyl sites for hydroxylation is 1. The zero-order chi connectivity index (χ0) is 24.1. The molecule has 0 aliphatic heterocycles. The fourth-order valence-electron chi connectivity index (χ4n) is 4.79. The van der Waals surface area contributed by atoms with Crippen LogP contribution >= 0.6 is 22.9 Å². The van der Waals surface area contributed by atoms with Crippen LogP contribution in [-0.4, -0.2) is 16.1 Å². The maximum absolute atomic E-state index is 14.7. The van der Waals surface area contributed by atoms with E-state index >= 15 is 0 Å². The number of nitrogens with zero attached hydrogens (tertiary/aromatic N) is 1. The Balaban J connectivity index is 1.46. The first kappa shape index (κ1) is 24.8. The van der Waals surface area contributed by atoms with Crippen molar-refractivity contribution in [3.63, 3.8) is 0 Å². The summed E-state index contributed by atoms with van der Waals surface area (Å²) >= 11 is 7.71. The van der Waals surface area contributed by atoms with E-state index in [9.17, 15) is 9.18 Å². The Bertz CT molecular complexity index is 1130. The summed E-state index contributed by atoms with van der Waals surface area (Å²) in [5.74, 6) is -1.07. The van der Waals surface area contributed by atoms with Crippen LogP contribution in [0.1, 0.15) is 77.4 Å². The van der Waals surface area contributed by atoms with Crippen LogP contribution in [0, 0.1) is 18.7 Å². The maximum Gasteiger partial charge on any atom is 0.337 e. The minimum atomic E-state index is -1.25. The average Bonchev–Trinajstić information content (AvgIpc) is 3.36. The molecule has 1 saturated carbocycles. The quantitative estimate of drug-likeness (QED) is 0.321. The number of benzene rings is 2. The van der Waals surface area contributed by atoms with Crippen molar-refractivity contribution in [3.8, 4) is 11.1 Å². The summed E-state index contributed by atoms with van der Waals surface area (Å²) in [6, 6.07) is 8.10. The molecule has 1 heterocycles. The molecule has 4 nitrogen and oxygen atoms in total. The first-order valence-corrected chi connectivity index (χ1v) is 13.0. The molecule has 7 heteroatoms. The van der Waals surface area contributed by atoms with Crippen molar-refractivity contribution in [2.24, 2.45) is 5.92 Å². The summed E-state index contributed by atoms with van der Waals surface area (Å²) in [5, 5.41) is 9.17. The molecule has 1 aliphatic rings. The van der Waals surface area contributed by atoms with E-state index in [1.807, 2.05) is 36.8 Å². The second kappa shape index (κ2) is 11.4. The highest BCUT2D eigenvalue weighted by molar-refractivity contribution is 7.09. The zero-order valence-electron chi connectivity index (χ0n) is 19.2. The molecule has 1 N–H and O–H groups in total. The third-order valence-corrected chi connectivity index (χ3v) is 7.83. The van der Waals surface area contributed by atoms with Gasteiger partial charge in [0.25, 0.3) is 0 Å². The number of hydrogen-bond acceptors (Lipinski definition) is 4. The van der Waals surface area contributed by atoms with Gasteiger partial charge in [0.05, 0.1) is 33.7 Å². The number of aromatic carboxylic acids is 1. The third kappa shape index (κ3) is 6.04. The van der Waals surface area contributed by atoms with E-state index in [1.165, 1.54) is 44.6 Å². The molecule has 4 rings (SSSR count). The Morgan fingerprint density at radius 3 is 2.71 bits per heavy atom. The summed E-state index contributed by atoms with van der Waals surface area (Å²) in [7, 11) is 0. The lowest BCUT2D eigenvalue weighted by Gasteiger charge is -2.24. The number of aromatic nitrogens is 1. The highest BCUT2D eigenvalue weighted by Crippen LogP contribution is 2.35. The molecule has 34 heavy (non-hydrogen) atoms. The van der Waals surface area contributed by atoms with Crippen molar-refractivity contribution in [1.82, 2.24) is 4.98 Å². The standard InChI is InChI=1S/C27H29ClFNO3S/c1-17-11-19(7-9-20(17)21-12-23(28)22(27(31)32)13-24(21)29)15-33-25(26-14-30-16-34-26)10-8-18-5-3-2-4-6-18/h7,9,11-14,16,18,25H,2-6,8,10,15H2,1H3,(H,31,32). The molecule has 0 saturated heterocycles. The molecule has 0 spiro atoms. The highest BCUT2D eigenvalue weighted by Gasteiger charge is 2.20. The van der Waals surface area contributed by atoms with Crippen LogP contribution in [0.4, 0.5) is 4.39 Å². The first-order valence-electron chi connectivity index (χ1n) is 11.7. The fourth-order valence-corrected chi connectivity index (χ4v) is 5.73. The Morgan fingerprint density at radius 2 is 2.03 bits per heavy atom. The Hall–Kier alpha value is -2.28. The Labute approximate surface area is 208 Å². The third-order valence-electron chi connectivity index (χ3n) is 6.65. The molecular weight excluding hydrogens is 473 g/mol. The predicted octanol–water partition coefficient (Wildman–Crippen LogP) is 8.23. The van der Waals surface area contributed by atoms with Gasteiger partial charge in [0.15, 0.2) is 0 Å². The van der Waals surface area contributed by atoms with E-state index in [0.29, 0.717) is 12.2 Å². The number of carboxylic acids is 1. The molecule has 180 valence electrons. The fraction of sp³-hybridized carbons (Fsp3) is 0.407. The summed E-state index contributed by atoms with van der Waals surface area (Å²) in [5.41, 5.74) is 4.44. The van der Waals surface area contributed by atoms with Gasteiger partial charge < -0.3 is 9.84 Å². The molecule has 1 aliphatic carbocycles. The van der Waals surface area contributed by atoms with Crippen molar-refractivity contribution >= 4 is 28.9 Å². The van der Waals surface area contributed by atoms with Crippen LogP contribution in [-0.2, 0) is 11.3 Å². The largest absolute Gasteiger partial charge is 0.478 e. The van der Waals surface area contributed by atoms with E-state index < -0.39 is 11.8 Å². The first-order chi connectivity index (χ1) is 16.4. The van der Waals surface area contributed by atoms with Crippen LogP contribution in [0.3, 0.4) is 0 Å². The van der Waals surface area contributed by atoms with Gasteiger partial charge >= 0.3 is 5.97 Å². The minimum absolute atomic E-state index is 0.0149. The number of thiazole rings is 1. The van der Waals surface area contributed by atoms with E-state index in [2.05, 4.69) is 4.98 Å². The Morgan fingerprint density at radius 1 is 1.24 bits per heavy atom. The molecule has 1 aromatic heterocycles. The highest BCUT2D eigenvalue weighted by atomic mass is 35.5. The summed E-state index contributed by atoms with van der Waals surface area (Å²) in [6.07, 6.45) is 10.8. The van der Waals surface area contributed by atoms with Crippen molar-refractivity contribution in [1.29, 1.82) is 0 Å². The van der Waals surface area contributed by atoms with Crippen LogP contribution in [0.25, 0.3) is 11.1 Å². The van der Waals surface area contributed by atoms with Crippen LogP contribution < -0.4 is 0 Å². The molecule has 2 aromatic carbocycles. The number of carbonyl (C=O) groups is 1. The van der Waals surface area contributed by atoms with Gasteiger partial charge in [0.1, 0.15) is 5.82 Å². The van der Waals surface area contributed by atoms with Gasteiger partial charge in [-0.15, -0.1) is 11.3 Å². The average molecular weight is 502 g/mol. The second-order valence-electron chi connectivity index (χ2n) is 9.05. The van der Waals surface area contributed by atoms with Crippen molar-refractivity contribution < 1.29 is 19.0 Å². The normalized spacial score (nSPS) is 15.4. The lowest BCUT2D eigenvalue weighted by Crippen LogP contribution is -2.10. The molecule has 0 radical (unpaired) electrons. The molecule has 1 atom stereocenters. The molecule has 1 unspecified atom stereocenters. The van der Waals surface area contributed by atoms with Gasteiger partial charge in [0.2, 0.25) is 0 Å². The van der Waals surface area contributed by atoms with E-state index in [0.717, 1.165) is 34.4 Å². The van der Waals surface area contributed by atoms with Gasteiger partial charge in [-0.05, 0) is 54.5 Å². The second-order valence-corrected chi connectivity index (χ2v) is 10.4. The van der Waals surface area contributed by atoms with Crippen molar-refractivity contribution in [3.05, 3.63) is 74.4 Å². The molecule has 3 aromatic rings. The maximum atomic E-state index is 14.7. The van der Waals surface area contributed by atoms with E-state index in [-0.39, 0.29) is 22.3 Å². The summed E-state index contributed by atoms with van der Waals surface area (Å²) < 4.78 is 21.0. The van der Waals surface area contributed by atoms with Crippen LogP contribution in [0.5, 0.6) is 0 Å². The number of halogens is 2. The van der Waals surface area contributed by atoms with Gasteiger partial charge in [-0.1, -0.05) is 61.9 Å². The smallest absolute Gasteiger partial charge is 0.337 e. The van der Waals surface area contributed by atoms with Gasteiger partial charge in [-0.2, -0.15) is 0 Å². The number of rotatable bonds is 9. The van der Waals surface area contributed by atoms with Crippen LogP contribution in [0.15, 0.2) is 42.0 Å². The van der Waals surface area contributed by atoms with E-state index in [1.54, 1.807) is 11.3 Å².